The van der Waals surface area contributed by atoms with Crippen molar-refractivity contribution in [1.29, 1.82) is 0 Å². The van der Waals surface area contributed by atoms with Crippen molar-refractivity contribution in [2.45, 2.75) is 56.8 Å². The molecule has 2 rings (SSSR count). The molecule has 4 nitrogen and oxygen atoms in total. The summed E-state index contributed by atoms with van der Waals surface area (Å²) in [5.74, 6) is 2.26. The maximum Gasteiger partial charge on any atom is 0.226 e. The molecule has 2 aromatic rings. The van der Waals surface area contributed by atoms with Gasteiger partial charge in [-0.15, -0.1) is 11.8 Å². The minimum atomic E-state index is 0.509. The molecule has 0 fully saturated rings. The summed E-state index contributed by atoms with van der Waals surface area (Å²) < 4.78 is 5.18. The topological polar surface area (TPSA) is 51.0 Å². The highest BCUT2D eigenvalue weighted by Crippen LogP contribution is 2.22. The van der Waals surface area contributed by atoms with E-state index in [-0.39, 0.29) is 0 Å². The molecule has 114 valence electrons. The van der Waals surface area contributed by atoms with E-state index in [1.54, 1.807) is 11.8 Å². The second-order valence-corrected chi connectivity index (χ2v) is 6.37. The van der Waals surface area contributed by atoms with Crippen molar-refractivity contribution in [1.82, 2.24) is 15.5 Å². The summed E-state index contributed by atoms with van der Waals surface area (Å²) in [6.07, 6.45) is 1.88. The Morgan fingerprint density at radius 3 is 2.67 bits per heavy atom. The zero-order chi connectivity index (χ0) is 15.1. The predicted molar refractivity (Wildman–Crippen MR) is 86.3 cm³/mol. The van der Waals surface area contributed by atoms with Crippen LogP contribution in [0.3, 0.4) is 0 Å². The fraction of sp³-hybridized carbons (Fsp3) is 0.500. The number of benzene rings is 1. The summed E-state index contributed by atoms with van der Waals surface area (Å²) in [5, 5.41) is 7.41. The number of aryl methyl sites for hydroxylation is 1. The second kappa shape index (κ2) is 8.20. The van der Waals surface area contributed by atoms with Gasteiger partial charge in [0.1, 0.15) is 0 Å². The summed E-state index contributed by atoms with van der Waals surface area (Å²) in [4.78, 5) is 5.60. The molecule has 0 saturated carbocycles. The molecule has 0 spiro atoms. The molecule has 1 aromatic carbocycles. The first-order valence-corrected chi connectivity index (χ1v) is 8.42. The van der Waals surface area contributed by atoms with E-state index in [1.807, 2.05) is 0 Å². The third-order valence-corrected chi connectivity index (χ3v) is 3.99. The highest BCUT2D eigenvalue weighted by atomic mass is 32.2. The second-order valence-electron chi connectivity index (χ2n) is 5.32. The van der Waals surface area contributed by atoms with Crippen molar-refractivity contribution in [2.24, 2.45) is 0 Å². The van der Waals surface area contributed by atoms with E-state index in [1.165, 1.54) is 10.5 Å². The average molecular weight is 305 g/mol. The van der Waals surface area contributed by atoms with Crippen LogP contribution in [0.5, 0.6) is 0 Å². The van der Waals surface area contributed by atoms with Gasteiger partial charge in [-0.1, -0.05) is 38.1 Å². The predicted octanol–water partition coefficient (Wildman–Crippen LogP) is 3.81. The van der Waals surface area contributed by atoms with Crippen LogP contribution in [0, 0.1) is 0 Å². The van der Waals surface area contributed by atoms with E-state index >= 15 is 0 Å². The zero-order valence-electron chi connectivity index (χ0n) is 12.9. The molecule has 0 aliphatic carbocycles. The van der Waals surface area contributed by atoms with Crippen LogP contribution in [0.15, 0.2) is 33.7 Å². The Bertz CT molecular complexity index is 537. The van der Waals surface area contributed by atoms with Crippen molar-refractivity contribution in [3.63, 3.8) is 0 Å². The molecule has 0 unspecified atom stereocenters. The molecule has 0 aliphatic rings. The van der Waals surface area contributed by atoms with E-state index < -0.39 is 0 Å². The summed E-state index contributed by atoms with van der Waals surface area (Å²) >= 11 is 1.73. The number of aromatic nitrogens is 2. The van der Waals surface area contributed by atoms with E-state index in [2.05, 4.69) is 60.5 Å². The number of nitrogens with one attached hydrogen (secondary N) is 1. The van der Waals surface area contributed by atoms with Crippen LogP contribution in [-0.4, -0.2) is 16.2 Å². The Kier molecular flexibility index (Phi) is 6.26. The van der Waals surface area contributed by atoms with Crippen LogP contribution in [0.2, 0.25) is 0 Å². The molecule has 0 bridgehead atoms. The Hall–Kier alpha value is -1.33. The molecule has 0 amide bonds. The van der Waals surface area contributed by atoms with Gasteiger partial charge in [0.15, 0.2) is 5.82 Å². The van der Waals surface area contributed by atoms with Crippen molar-refractivity contribution < 1.29 is 4.52 Å². The maximum absolute atomic E-state index is 5.18. The van der Waals surface area contributed by atoms with Gasteiger partial charge in [0.2, 0.25) is 5.89 Å². The summed E-state index contributed by atoms with van der Waals surface area (Å²) in [6, 6.07) is 9.13. The summed E-state index contributed by atoms with van der Waals surface area (Å²) in [6.45, 7) is 7.33. The van der Waals surface area contributed by atoms with Crippen LogP contribution < -0.4 is 5.32 Å². The quantitative estimate of drug-likeness (QED) is 0.752. The van der Waals surface area contributed by atoms with Crippen molar-refractivity contribution in [2.75, 3.05) is 0 Å². The van der Waals surface area contributed by atoms with Gasteiger partial charge in [0, 0.05) is 23.9 Å². The third kappa shape index (κ3) is 5.52. The molecule has 0 atom stereocenters. The standard InChI is InChI=1S/C16H23N3OS/c1-4-5-16-18-15(19-20-16)11-21-14-8-6-13(7-9-14)10-17-12(2)3/h6-9,12,17H,4-5,10-11H2,1-3H3. The Morgan fingerprint density at radius 2 is 2.00 bits per heavy atom. The Morgan fingerprint density at radius 1 is 1.24 bits per heavy atom. The number of hydrogen-bond donors (Lipinski definition) is 1. The Labute approximate surface area is 130 Å². The highest BCUT2D eigenvalue weighted by Gasteiger charge is 2.06. The molecule has 1 aromatic heterocycles. The van der Waals surface area contributed by atoms with Crippen molar-refractivity contribution in [3.8, 4) is 0 Å². The zero-order valence-corrected chi connectivity index (χ0v) is 13.7. The van der Waals surface area contributed by atoms with Crippen LogP contribution in [-0.2, 0) is 18.7 Å². The van der Waals surface area contributed by atoms with Gasteiger partial charge in [-0.3, -0.25) is 0 Å². The van der Waals surface area contributed by atoms with Crippen LogP contribution >= 0.6 is 11.8 Å². The number of thioether (sulfide) groups is 1. The lowest BCUT2D eigenvalue weighted by Crippen LogP contribution is -2.21. The van der Waals surface area contributed by atoms with Gasteiger partial charge >= 0.3 is 0 Å². The van der Waals surface area contributed by atoms with Crippen molar-refractivity contribution >= 4 is 11.8 Å². The highest BCUT2D eigenvalue weighted by molar-refractivity contribution is 7.98. The lowest BCUT2D eigenvalue weighted by atomic mass is 10.2. The third-order valence-electron chi connectivity index (χ3n) is 2.98. The van der Waals surface area contributed by atoms with E-state index in [0.717, 1.165) is 36.9 Å². The molecule has 0 aliphatic heterocycles. The van der Waals surface area contributed by atoms with Gasteiger partial charge in [-0.2, -0.15) is 4.98 Å². The molecule has 5 heteroatoms. The molecular formula is C16H23N3OS. The van der Waals surface area contributed by atoms with Crippen LogP contribution in [0.1, 0.15) is 44.5 Å². The lowest BCUT2D eigenvalue weighted by molar-refractivity contribution is 0.373. The van der Waals surface area contributed by atoms with E-state index in [4.69, 9.17) is 4.52 Å². The smallest absolute Gasteiger partial charge is 0.226 e. The minimum Gasteiger partial charge on any atom is -0.339 e. The Balaban J connectivity index is 1.82. The van der Waals surface area contributed by atoms with Gasteiger partial charge in [-0.25, -0.2) is 0 Å². The number of rotatable bonds is 8. The first kappa shape index (κ1) is 16.0. The largest absolute Gasteiger partial charge is 0.339 e. The number of hydrogen-bond acceptors (Lipinski definition) is 5. The van der Waals surface area contributed by atoms with Crippen LogP contribution in [0.4, 0.5) is 0 Å². The van der Waals surface area contributed by atoms with Gasteiger partial charge < -0.3 is 9.84 Å². The fourth-order valence-corrected chi connectivity index (χ4v) is 2.58. The molecule has 21 heavy (non-hydrogen) atoms. The molecular weight excluding hydrogens is 282 g/mol. The van der Waals surface area contributed by atoms with Crippen molar-refractivity contribution in [3.05, 3.63) is 41.5 Å². The van der Waals surface area contributed by atoms with E-state index in [0.29, 0.717) is 6.04 Å². The van der Waals surface area contributed by atoms with Gasteiger partial charge in [-0.05, 0) is 24.1 Å². The fourth-order valence-electron chi connectivity index (χ4n) is 1.84. The molecule has 1 heterocycles. The monoisotopic (exact) mass is 305 g/mol. The number of nitrogens with zero attached hydrogens (tertiary/aromatic N) is 2. The maximum atomic E-state index is 5.18. The minimum absolute atomic E-state index is 0.509. The SMILES string of the molecule is CCCc1nc(CSc2ccc(CNC(C)C)cc2)no1. The summed E-state index contributed by atoms with van der Waals surface area (Å²) in [5.41, 5.74) is 1.30. The van der Waals surface area contributed by atoms with Gasteiger partial charge in [0.25, 0.3) is 0 Å². The first-order valence-electron chi connectivity index (χ1n) is 7.44. The lowest BCUT2D eigenvalue weighted by Gasteiger charge is -2.08. The van der Waals surface area contributed by atoms with Gasteiger partial charge in [0.05, 0.1) is 5.75 Å². The molecule has 0 saturated heterocycles. The van der Waals surface area contributed by atoms with E-state index in [9.17, 15) is 0 Å². The average Bonchev–Trinajstić information content (AvgIpc) is 2.92. The first-order chi connectivity index (χ1) is 10.2. The van der Waals surface area contributed by atoms with Crippen LogP contribution in [0.25, 0.3) is 0 Å². The molecule has 1 N–H and O–H groups in total. The normalized spacial score (nSPS) is 11.2. The molecule has 0 radical (unpaired) electrons. The summed E-state index contributed by atoms with van der Waals surface area (Å²) in [7, 11) is 0.